The summed E-state index contributed by atoms with van der Waals surface area (Å²) in [5.74, 6) is 1.60. The summed E-state index contributed by atoms with van der Waals surface area (Å²) in [5.41, 5.74) is 1.17. The second-order valence-corrected chi connectivity index (χ2v) is 7.24. The van der Waals surface area contributed by atoms with Crippen molar-refractivity contribution < 1.29 is 9.53 Å². The Balaban J connectivity index is 1.23. The molecule has 0 aliphatic heterocycles. The standard InChI is InChI=1S/C20H25N3O2/c1-23-19(11-12-21-23)17-13-18(17)20(24)22-14-7-9-16(10-8-14)25-15-5-3-2-4-6-15/h2-6,11-12,14,16-18H,7-10,13H2,1H3,(H,22,24)/t14?,16?,17-,18-/m1/s1. The lowest BCUT2D eigenvalue weighted by molar-refractivity contribution is -0.123. The van der Waals surface area contributed by atoms with Gasteiger partial charge in [0.05, 0.1) is 6.10 Å². The fraction of sp³-hybridized carbons (Fsp3) is 0.500. The maximum absolute atomic E-state index is 12.5. The summed E-state index contributed by atoms with van der Waals surface area (Å²) in [7, 11) is 1.94. The maximum Gasteiger partial charge on any atom is 0.224 e. The van der Waals surface area contributed by atoms with Gasteiger partial charge >= 0.3 is 0 Å². The van der Waals surface area contributed by atoms with Gasteiger partial charge in [-0.2, -0.15) is 5.10 Å². The Kier molecular flexibility index (Phi) is 4.47. The first-order valence-electron chi connectivity index (χ1n) is 9.20. The number of nitrogens with zero attached hydrogens (tertiary/aromatic N) is 2. The third kappa shape index (κ3) is 3.70. The number of carbonyl (C=O) groups excluding carboxylic acids is 1. The highest BCUT2D eigenvalue weighted by atomic mass is 16.5. The SMILES string of the molecule is Cn1nccc1[C@@H]1C[C@H]1C(=O)NC1CCC(Oc2ccccc2)CC1. The first-order valence-corrected chi connectivity index (χ1v) is 9.20. The summed E-state index contributed by atoms with van der Waals surface area (Å²) < 4.78 is 7.90. The topological polar surface area (TPSA) is 56.2 Å². The monoisotopic (exact) mass is 339 g/mol. The van der Waals surface area contributed by atoms with E-state index in [1.807, 2.05) is 48.1 Å². The second kappa shape index (κ2) is 6.90. The predicted molar refractivity (Wildman–Crippen MR) is 95.3 cm³/mol. The van der Waals surface area contributed by atoms with Crippen LogP contribution in [0.25, 0.3) is 0 Å². The van der Waals surface area contributed by atoms with Crippen LogP contribution in [0.4, 0.5) is 0 Å². The van der Waals surface area contributed by atoms with Gasteiger partial charge < -0.3 is 10.1 Å². The quantitative estimate of drug-likeness (QED) is 0.911. The number of hydrogen-bond acceptors (Lipinski definition) is 3. The highest BCUT2D eigenvalue weighted by Gasteiger charge is 2.46. The zero-order valence-electron chi connectivity index (χ0n) is 14.6. The van der Waals surface area contributed by atoms with Gasteiger partial charge in [0.25, 0.3) is 0 Å². The van der Waals surface area contributed by atoms with Crippen LogP contribution >= 0.6 is 0 Å². The molecule has 132 valence electrons. The van der Waals surface area contributed by atoms with Gasteiger partial charge in [0.2, 0.25) is 5.91 Å². The molecule has 5 nitrogen and oxygen atoms in total. The highest BCUT2D eigenvalue weighted by molar-refractivity contribution is 5.83. The molecule has 1 N–H and O–H groups in total. The van der Waals surface area contributed by atoms with E-state index in [-0.39, 0.29) is 24.0 Å². The minimum absolute atomic E-state index is 0.119. The van der Waals surface area contributed by atoms with Crippen molar-refractivity contribution in [3.05, 3.63) is 48.3 Å². The van der Waals surface area contributed by atoms with Gasteiger partial charge in [-0.25, -0.2) is 0 Å². The molecule has 1 aromatic carbocycles. The van der Waals surface area contributed by atoms with Crippen molar-refractivity contribution in [2.45, 2.75) is 50.2 Å². The van der Waals surface area contributed by atoms with E-state index in [1.165, 1.54) is 5.69 Å². The summed E-state index contributed by atoms with van der Waals surface area (Å²) in [6.07, 6.45) is 6.98. The lowest BCUT2D eigenvalue weighted by Crippen LogP contribution is -2.40. The van der Waals surface area contributed by atoms with E-state index in [0.717, 1.165) is 37.9 Å². The van der Waals surface area contributed by atoms with E-state index in [9.17, 15) is 4.79 Å². The molecule has 2 aromatic rings. The zero-order chi connectivity index (χ0) is 17.2. The number of rotatable bonds is 5. The average molecular weight is 339 g/mol. The van der Waals surface area contributed by atoms with Gasteiger partial charge in [-0.1, -0.05) is 18.2 Å². The molecular formula is C20H25N3O2. The minimum atomic E-state index is 0.119. The van der Waals surface area contributed by atoms with Crippen LogP contribution in [0.3, 0.4) is 0 Å². The van der Waals surface area contributed by atoms with Crippen LogP contribution in [0, 0.1) is 5.92 Å². The summed E-state index contributed by atoms with van der Waals surface area (Å²) in [4.78, 5) is 12.5. The van der Waals surface area contributed by atoms with Crippen LogP contribution in [0.2, 0.25) is 0 Å². The lowest BCUT2D eigenvalue weighted by atomic mass is 9.92. The van der Waals surface area contributed by atoms with Crippen LogP contribution in [0.15, 0.2) is 42.6 Å². The third-order valence-electron chi connectivity index (χ3n) is 5.43. The van der Waals surface area contributed by atoms with Gasteiger partial charge in [0.15, 0.2) is 0 Å². The Morgan fingerprint density at radius 1 is 1.16 bits per heavy atom. The molecule has 2 fully saturated rings. The van der Waals surface area contributed by atoms with Gasteiger partial charge in [-0.05, 0) is 50.3 Å². The lowest BCUT2D eigenvalue weighted by Gasteiger charge is -2.29. The number of amides is 1. The van der Waals surface area contributed by atoms with E-state index in [4.69, 9.17) is 4.74 Å². The van der Waals surface area contributed by atoms with Crippen LogP contribution in [0.5, 0.6) is 5.75 Å². The smallest absolute Gasteiger partial charge is 0.224 e. The number of para-hydroxylation sites is 1. The number of hydrogen-bond donors (Lipinski definition) is 1. The predicted octanol–water partition coefficient (Wildman–Crippen LogP) is 3.03. The number of ether oxygens (including phenoxy) is 1. The molecule has 2 aliphatic carbocycles. The van der Waals surface area contributed by atoms with Gasteiger partial charge in [-0.3, -0.25) is 9.48 Å². The van der Waals surface area contributed by atoms with Crippen molar-refractivity contribution in [3.63, 3.8) is 0 Å². The molecular weight excluding hydrogens is 314 g/mol. The van der Waals surface area contributed by atoms with Crippen molar-refractivity contribution in [1.82, 2.24) is 15.1 Å². The summed E-state index contributed by atoms with van der Waals surface area (Å²) in [6, 6.07) is 12.3. The normalized spacial score (nSPS) is 28.4. The third-order valence-corrected chi connectivity index (χ3v) is 5.43. The van der Waals surface area contributed by atoms with E-state index in [2.05, 4.69) is 10.4 Å². The molecule has 2 aliphatic rings. The van der Waals surface area contributed by atoms with E-state index < -0.39 is 0 Å². The molecule has 2 saturated carbocycles. The number of benzene rings is 1. The first-order chi connectivity index (χ1) is 12.2. The summed E-state index contributed by atoms with van der Waals surface area (Å²) in [5, 5.41) is 7.45. The van der Waals surface area contributed by atoms with Crippen molar-refractivity contribution in [1.29, 1.82) is 0 Å². The van der Waals surface area contributed by atoms with Gasteiger partial charge in [-0.15, -0.1) is 0 Å². The molecule has 0 bridgehead atoms. The molecule has 1 aromatic heterocycles. The molecule has 5 heteroatoms. The number of carbonyl (C=O) groups is 1. The fourth-order valence-electron chi connectivity index (χ4n) is 3.88. The number of aryl methyl sites for hydroxylation is 1. The van der Waals surface area contributed by atoms with Crippen molar-refractivity contribution >= 4 is 5.91 Å². The van der Waals surface area contributed by atoms with Crippen LogP contribution in [0.1, 0.15) is 43.7 Å². The molecule has 1 heterocycles. The Morgan fingerprint density at radius 3 is 2.60 bits per heavy atom. The Morgan fingerprint density at radius 2 is 1.92 bits per heavy atom. The molecule has 4 rings (SSSR count). The highest BCUT2D eigenvalue weighted by Crippen LogP contribution is 2.47. The number of nitrogens with one attached hydrogen (secondary N) is 1. The minimum Gasteiger partial charge on any atom is -0.490 e. The van der Waals surface area contributed by atoms with Gasteiger partial charge in [0, 0.05) is 36.8 Å². The molecule has 0 spiro atoms. The van der Waals surface area contributed by atoms with Crippen LogP contribution in [-0.2, 0) is 11.8 Å². The Hall–Kier alpha value is -2.30. The molecule has 25 heavy (non-hydrogen) atoms. The maximum atomic E-state index is 12.5. The molecule has 1 amide bonds. The molecule has 0 radical (unpaired) electrons. The van der Waals surface area contributed by atoms with Crippen molar-refractivity contribution in [2.24, 2.45) is 13.0 Å². The Bertz CT molecular complexity index is 720. The van der Waals surface area contributed by atoms with Crippen LogP contribution in [-0.4, -0.2) is 27.8 Å². The number of aromatic nitrogens is 2. The van der Waals surface area contributed by atoms with Crippen LogP contribution < -0.4 is 10.1 Å². The Labute approximate surface area is 148 Å². The van der Waals surface area contributed by atoms with E-state index >= 15 is 0 Å². The molecule has 0 saturated heterocycles. The van der Waals surface area contributed by atoms with E-state index in [1.54, 1.807) is 6.20 Å². The van der Waals surface area contributed by atoms with Crippen molar-refractivity contribution in [2.75, 3.05) is 0 Å². The average Bonchev–Trinajstić information content (AvgIpc) is 3.31. The first kappa shape index (κ1) is 16.2. The summed E-state index contributed by atoms with van der Waals surface area (Å²) in [6.45, 7) is 0. The molecule has 0 unspecified atom stereocenters. The van der Waals surface area contributed by atoms with E-state index in [0.29, 0.717) is 5.92 Å². The zero-order valence-corrected chi connectivity index (χ0v) is 14.6. The second-order valence-electron chi connectivity index (χ2n) is 7.24. The fourth-order valence-corrected chi connectivity index (χ4v) is 3.88. The largest absolute Gasteiger partial charge is 0.490 e. The van der Waals surface area contributed by atoms with Crippen molar-refractivity contribution in [3.8, 4) is 5.75 Å². The summed E-state index contributed by atoms with van der Waals surface area (Å²) >= 11 is 0. The molecule has 2 atom stereocenters. The van der Waals surface area contributed by atoms with Gasteiger partial charge in [0.1, 0.15) is 5.75 Å².